The van der Waals surface area contributed by atoms with Crippen LogP contribution in [0.3, 0.4) is 0 Å². The van der Waals surface area contributed by atoms with Crippen LogP contribution < -0.4 is 5.32 Å². The molecule has 14 heavy (non-hydrogen) atoms. The summed E-state index contributed by atoms with van der Waals surface area (Å²) in [6.45, 7) is 2.29. The maximum atomic E-state index is 13.3. The maximum absolute atomic E-state index is 13.3. The second kappa shape index (κ2) is 3.28. The third-order valence-corrected chi connectivity index (χ3v) is 2.57. The number of nitrogens with one attached hydrogen (secondary N) is 1. The molecule has 0 amide bonds. The fourth-order valence-corrected chi connectivity index (χ4v) is 1.87. The normalized spacial score (nSPS) is 20.7. The topological polar surface area (TPSA) is 12.0 Å². The van der Waals surface area contributed by atoms with Crippen molar-refractivity contribution in [3.8, 4) is 0 Å². The predicted molar refractivity (Wildman–Crippen MR) is 46.4 cm³/mol. The Morgan fingerprint density at radius 3 is 2.71 bits per heavy atom. The molecule has 0 radical (unpaired) electrons. The third kappa shape index (κ3) is 1.30. The Morgan fingerprint density at radius 1 is 1.29 bits per heavy atom. The second-order valence-electron chi connectivity index (χ2n) is 3.47. The minimum absolute atomic E-state index is 0.133. The van der Waals surface area contributed by atoms with Crippen molar-refractivity contribution in [3.63, 3.8) is 0 Å². The number of rotatable bonds is 0. The van der Waals surface area contributed by atoms with Gasteiger partial charge in [-0.3, -0.25) is 0 Å². The zero-order valence-corrected chi connectivity index (χ0v) is 7.70. The number of benzene rings is 1. The molecular weight excluding hydrogens is 191 g/mol. The first-order valence-electron chi connectivity index (χ1n) is 4.51. The molecule has 1 atom stereocenters. The van der Waals surface area contributed by atoms with Gasteiger partial charge in [-0.2, -0.15) is 0 Å². The van der Waals surface area contributed by atoms with Crippen molar-refractivity contribution < 1.29 is 13.2 Å². The molecule has 2 rings (SSSR count). The molecule has 0 spiro atoms. The summed E-state index contributed by atoms with van der Waals surface area (Å²) < 4.78 is 39.5. The molecule has 1 aromatic carbocycles. The molecule has 0 saturated heterocycles. The van der Waals surface area contributed by atoms with Crippen molar-refractivity contribution in [1.82, 2.24) is 5.32 Å². The molecular formula is C10H10F3N. The Labute approximate surface area is 79.9 Å². The van der Waals surface area contributed by atoms with Crippen molar-refractivity contribution in [2.75, 3.05) is 6.54 Å². The van der Waals surface area contributed by atoms with E-state index in [4.69, 9.17) is 0 Å². The van der Waals surface area contributed by atoms with Crippen LogP contribution in [0.2, 0.25) is 0 Å². The fourth-order valence-electron chi connectivity index (χ4n) is 1.87. The van der Waals surface area contributed by atoms with Crippen LogP contribution in [0.15, 0.2) is 6.07 Å². The molecule has 0 aliphatic carbocycles. The molecule has 1 N–H and O–H groups in total. The Hall–Kier alpha value is -1.03. The van der Waals surface area contributed by atoms with E-state index in [1.807, 2.05) is 0 Å². The maximum Gasteiger partial charge on any atom is 0.164 e. The molecule has 0 bridgehead atoms. The molecule has 0 saturated carbocycles. The molecule has 1 aliphatic heterocycles. The van der Waals surface area contributed by atoms with Crippen molar-refractivity contribution in [2.24, 2.45) is 0 Å². The number of fused-ring (bicyclic) bond motifs is 1. The zero-order chi connectivity index (χ0) is 10.3. The van der Waals surface area contributed by atoms with E-state index in [1.165, 1.54) is 0 Å². The van der Waals surface area contributed by atoms with Crippen LogP contribution in [0, 0.1) is 17.5 Å². The first kappa shape index (κ1) is 9.52. The van der Waals surface area contributed by atoms with E-state index in [0.29, 0.717) is 24.6 Å². The summed E-state index contributed by atoms with van der Waals surface area (Å²) in [6, 6.07) is 0.288. The minimum Gasteiger partial charge on any atom is -0.310 e. The average Bonchev–Trinajstić information content (AvgIpc) is 2.14. The molecule has 0 fully saturated rings. The average molecular weight is 201 g/mol. The standard InChI is InChI=1S/C10H10F3N/c1-5-9-6(2-3-14-5)7(11)4-8(12)10(9)13/h4-5,14H,2-3H2,1H3. The lowest BCUT2D eigenvalue weighted by atomic mass is 9.94. The van der Waals surface area contributed by atoms with Crippen molar-refractivity contribution in [1.29, 1.82) is 0 Å². The Morgan fingerprint density at radius 2 is 2.00 bits per heavy atom. The number of halogens is 3. The highest BCUT2D eigenvalue weighted by molar-refractivity contribution is 5.35. The van der Waals surface area contributed by atoms with Gasteiger partial charge >= 0.3 is 0 Å². The van der Waals surface area contributed by atoms with E-state index < -0.39 is 17.5 Å². The third-order valence-electron chi connectivity index (χ3n) is 2.57. The molecule has 1 heterocycles. The van der Waals surface area contributed by atoms with Gasteiger partial charge in [-0.25, -0.2) is 13.2 Å². The van der Waals surface area contributed by atoms with Crippen LogP contribution >= 0.6 is 0 Å². The van der Waals surface area contributed by atoms with Gasteiger partial charge in [0.2, 0.25) is 0 Å². The summed E-state index contributed by atoms with van der Waals surface area (Å²) >= 11 is 0. The van der Waals surface area contributed by atoms with Gasteiger partial charge in [-0.15, -0.1) is 0 Å². The van der Waals surface area contributed by atoms with Crippen molar-refractivity contribution >= 4 is 0 Å². The van der Waals surface area contributed by atoms with Gasteiger partial charge < -0.3 is 5.32 Å². The molecule has 0 aromatic heterocycles. The van der Waals surface area contributed by atoms with E-state index in [1.54, 1.807) is 6.92 Å². The molecule has 1 unspecified atom stereocenters. The van der Waals surface area contributed by atoms with E-state index in [0.717, 1.165) is 0 Å². The first-order valence-corrected chi connectivity index (χ1v) is 4.51. The monoisotopic (exact) mass is 201 g/mol. The summed E-state index contributed by atoms with van der Waals surface area (Å²) in [5.74, 6) is -2.69. The van der Waals surface area contributed by atoms with E-state index in [9.17, 15) is 13.2 Å². The minimum atomic E-state index is -1.11. The van der Waals surface area contributed by atoms with Gasteiger partial charge in [-0.1, -0.05) is 0 Å². The second-order valence-corrected chi connectivity index (χ2v) is 3.47. The van der Waals surface area contributed by atoms with Gasteiger partial charge in [0.25, 0.3) is 0 Å². The molecule has 1 aromatic rings. The number of hydrogen-bond donors (Lipinski definition) is 1. The van der Waals surface area contributed by atoms with Crippen molar-refractivity contribution in [3.05, 3.63) is 34.6 Å². The van der Waals surface area contributed by atoms with Crippen LogP contribution in [-0.4, -0.2) is 6.54 Å². The Kier molecular flexibility index (Phi) is 2.23. The SMILES string of the molecule is CC1NCCc2c(F)cc(F)c(F)c21. The Bertz CT molecular complexity index is 376. The number of hydrogen-bond acceptors (Lipinski definition) is 1. The molecule has 1 aliphatic rings. The van der Waals surface area contributed by atoms with E-state index in [-0.39, 0.29) is 11.6 Å². The van der Waals surface area contributed by atoms with Gasteiger partial charge in [0.15, 0.2) is 11.6 Å². The highest BCUT2D eigenvalue weighted by atomic mass is 19.2. The molecule has 4 heteroatoms. The zero-order valence-electron chi connectivity index (χ0n) is 7.70. The van der Waals surface area contributed by atoms with Crippen LogP contribution in [0.4, 0.5) is 13.2 Å². The van der Waals surface area contributed by atoms with Crippen LogP contribution in [-0.2, 0) is 6.42 Å². The van der Waals surface area contributed by atoms with Crippen molar-refractivity contribution in [2.45, 2.75) is 19.4 Å². The smallest absolute Gasteiger partial charge is 0.164 e. The van der Waals surface area contributed by atoms with E-state index in [2.05, 4.69) is 5.32 Å². The predicted octanol–water partition coefficient (Wildman–Crippen LogP) is 2.31. The lowest BCUT2D eigenvalue weighted by Gasteiger charge is -2.24. The Balaban J connectivity index is 2.67. The van der Waals surface area contributed by atoms with Crippen LogP contribution in [0.5, 0.6) is 0 Å². The highest BCUT2D eigenvalue weighted by Gasteiger charge is 2.25. The summed E-state index contributed by atoms with van der Waals surface area (Å²) in [7, 11) is 0. The summed E-state index contributed by atoms with van der Waals surface area (Å²) in [5, 5.41) is 2.96. The quantitative estimate of drug-likeness (QED) is 0.635. The lowest BCUT2D eigenvalue weighted by molar-refractivity contribution is 0.436. The van der Waals surface area contributed by atoms with Gasteiger partial charge in [0.1, 0.15) is 5.82 Å². The summed E-state index contributed by atoms with van der Waals surface area (Å²) in [4.78, 5) is 0. The molecule has 76 valence electrons. The highest BCUT2D eigenvalue weighted by Crippen LogP contribution is 2.29. The van der Waals surface area contributed by atoms with Crippen LogP contribution in [0.1, 0.15) is 24.1 Å². The van der Waals surface area contributed by atoms with Crippen LogP contribution in [0.25, 0.3) is 0 Å². The van der Waals surface area contributed by atoms with Gasteiger partial charge in [0, 0.05) is 17.7 Å². The first-order chi connectivity index (χ1) is 6.61. The fraction of sp³-hybridized carbons (Fsp3) is 0.400. The van der Waals surface area contributed by atoms with Gasteiger partial charge in [0.05, 0.1) is 0 Å². The van der Waals surface area contributed by atoms with Gasteiger partial charge in [-0.05, 0) is 25.5 Å². The largest absolute Gasteiger partial charge is 0.310 e. The summed E-state index contributed by atoms with van der Waals surface area (Å²) in [5.41, 5.74) is 0.434. The van der Waals surface area contributed by atoms with E-state index >= 15 is 0 Å². The summed E-state index contributed by atoms with van der Waals surface area (Å²) in [6.07, 6.45) is 0.405. The molecule has 1 nitrogen and oxygen atoms in total. The lowest BCUT2D eigenvalue weighted by Crippen LogP contribution is -2.30.